The first kappa shape index (κ1) is 15.6. The van der Waals surface area contributed by atoms with Crippen LogP contribution in [0.25, 0.3) is 0 Å². The lowest BCUT2D eigenvalue weighted by Gasteiger charge is -2.30. The number of carbonyl (C=O) groups excluding carboxylic acids is 2. The monoisotopic (exact) mass is 328 g/mol. The van der Waals surface area contributed by atoms with Gasteiger partial charge in [0.05, 0.1) is 0 Å². The summed E-state index contributed by atoms with van der Waals surface area (Å²) in [6, 6.07) is 16.3. The van der Waals surface area contributed by atoms with E-state index in [2.05, 4.69) is 5.32 Å². The number of rotatable bonds is 4. The molecular formula is C18H17ClN2O2. The van der Waals surface area contributed by atoms with Crippen molar-refractivity contribution in [3.8, 4) is 0 Å². The molecule has 2 aromatic rings. The summed E-state index contributed by atoms with van der Waals surface area (Å²) < 4.78 is 0. The fraction of sp³-hybridized carbons (Fsp3) is 0.222. The number of amides is 2. The SMILES string of the molecule is CCCN(C(=O)C1(Cl)NC(=O)c2ccccc21)c1ccccc1. The molecule has 23 heavy (non-hydrogen) atoms. The van der Waals surface area contributed by atoms with E-state index in [1.807, 2.05) is 37.3 Å². The van der Waals surface area contributed by atoms with Crippen LogP contribution in [0.4, 0.5) is 5.69 Å². The molecule has 1 aliphatic rings. The van der Waals surface area contributed by atoms with Crippen LogP contribution in [0.1, 0.15) is 29.3 Å². The largest absolute Gasteiger partial charge is 0.322 e. The predicted octanol–water partition coefficient (Wildman–Crippen LogP) is 3.26. The minimum Gasteiger partial charge on any atom is -0.322 e. The Morgan fingerprint density at radius 2 is 1.78 bits per heavy atom. The van der Waals surface area contributed by atoms with E-state index in [0.29, 0.717) is 17.7 Å². The second kappa shape index (κ2) is 6.05. The number of benzene rings is 2. The number of fused-ring (bicyclic) bond motifs is 1. The fourth-order valence-corrected chi connectivity index (χ4v) is 3.16. The van der Waals surface area contributed by atoms with E-state index in [4.69, 9.17) is 11.6 Å². The number of alkyl halides is 1. The van der Waals surface area contributed by atoms with Gasteiger partial charge in [-0.25, -0.2) is 0 Å². The van der Waals surface area contributed by atoms with E-state index in [0.717, 1.165) is 12.1 Å². The van der Waals surface area contributed by atoms with Gasteiger partial charge in [0.15, 0.2) is 0 Å². The van der Waals surface area contributed by atoms with Gasteiger partial charge in [-0.05, 0) is 24.6 Å². The van der Waals surface area contributed by atoms with E-state index in [1.165, 1.54) is 0 Å². The Morgan fingerprint density at radius 1 is 1.13 bits per heavy atom. The molecule has 1 N–H and O–H groups in total. The molecule has 0 saturated carbocycles. The number of hydrogen-bond donors (Lipinski definition) is 1. The van der Waals surface area contributed by atoms with Gasteiger partial charge < -0.3 is 10.2 Å². The molecule has 1 unspecified atom stereocenters. The van der Waals surface area contributed by atoms with Gasteiger partial charge in [-0.2, -0.15) is 0 Å². The van der Waals surface area contributed by atoms with Crippen molar-refractivity contribution in [2.24, 2.45) is 0 Å². The third-order valence-electron chi connectivity index (χ3n) is 3.88. The minimum absolute atomic E-state index is 0.325. The van der Waals surface area contributed by atoms with Crippen LogP contribution in [0, 0.1) is 0 Å². The summed E-state index contributed by atoms with van der Waals surface area (Å²) in [6.45, 7) is 2.51. The number of halogens is 1. The van der Waals surface area contributed by atoms with Crippen LogP contribution in [-0.4, -0.2) is 18.4 Å². The highest BCUT2D eigenvalue weighted by Gasteiger charge is 2.49. The molecule has 0 spiro atoms. The highest BCUT2D eigenvalue weighted by Crippen LogP contribution is 2.37. The van der Waals surface area contributed by atoms with Gasteiger partial charge in [0.2, 0.25) is 5.00 Å². The average Bonchev–Trinajstić information content (AvgIpc) is 2.85. The van der Waals surface area contributed by atoms with Crippen molar-refractivity contribution >= 4 is 29.1 Å². The molecular weight excluding hydrogens is 312 g/mol. The summed E-state index contributed by atoms with van der Waals surface area (Å²) >= 11 is 6.60. The Morgan fingerprint density at radius 3 is 2.48 bits per heavy atom. The van der Waals surface area contributed by atoms with Gasteiger partial charge in [0, 0.05) is 23.4 Å². The maximum absolute atomic E-state index is 13.1. The zero-order chi connectivity index (χ0) is 16.4. The zero-order valence-corrected chi connectivity index (χ0v) is 13.5. The molecule has 118 valence electrons. The summed E-state index contributed by atoms with van der Waals surface area (Å²) in [5.74, 6) is -0.668. The van der Waals surface area contributed by atoms with Gasteiger partial charge in [-0.1, -0.05) is 54.9 Å². The second-order valence-electron chi connectivity index (χ2n) is 5.45. The van der Waals surface area contributed by atoms with Crippen LogP contribution in [0.5, 0.6) is 0 Å². The minimum atomic E-state index is -1.56. The number of anilines is 1. The molecule has 1 atom stereocenters. The molecule has 3 rings (SSSR count). The van der Waals surface area contributed by atoms with Crippen LogP contribution >= 0.6 is 11.6 Å². The Hall–Kier alpha value is -2.33. The second-order valence-corrected chi connectivity index (χ2v) is 6.02. The smallest absolute Gasteiger partial charge is 0.273 e. The first-order chi connectivity index (χ1) is 11.1. The van der Waals surface area contributed by atoms with Gasteiger partial charge in [0.1, 0.15) is 0 Å². The molecule has 2 amide bonds. The lowest BCUT2D eigenvalue weighted by molar-refractivity contribution is -0.121. The lowest BCUT2D eigenvalue weighted by Crippen LogP contribution is -2.50. The first-order valence-corrected chi connectivity index (χ1v) is 7.93. The number of nitrogens with zero attached hydrogens (tertiary/aromatic N) is 1. The van der Waals surface area contributed by atoms with Crippen molar-refractivity contribution in [1.82, 2.24) is 5.32 Å². The summed E-state index contributed by atoms with van der Waals surface area (Å²) in [5, 5.41) is 2.64. The molecule has 0 aliphatic carbocycles. The molecule has 0 aromatic heterocycles. The van der Waals surface area contributed by atoms with Crippen LogP contribution < -0.4 is 10.2 Å². The van der Waals surface area contributed by atoms with E-state index >= 15 is 0 Å². The predicted molar refractivity (Wildman–Crippen MR) is 90.5 cm³/mol. The zero-order valence-electron chi connectivity index (χ0n) is 12.8. The molecule has 0 fully saturated rings. The highest BCUT2D eigenvalue weighted by atomic mass is 35.5. The molecule has 5 heteroatoms. The Balaban J connectivity index is 2.03. The quantitative estimate of drug-likeness (QED) is 0.691. The molecule has 2 aromatic carbocycles. The van der Waals surface area contributed by atoms with E-state index in [1.54, 1.807) is 29.2 Å². The summed E-state index contributed by atoms with van der Waals surface area (Å²) in [5.41, 5.74) is 1.71. The first-order valence-electron chi connectivity index (χ1n) is 7.56. The normalized spacial score (nSPS) is 19.1. The number of nitrogens with one attached hydrogen (secondary N) is 1. The summed E-state index contributed by atoms with van der Waals surface area (Å²) in [6.07, 6.45) is 0.781. The third kappa shape index (κ3) is 2.59. The maximum atomic E-state index is 13.1. The fourth-order valence-electron chi connectivity index (χ4n) is 2.81. The number of hydrogen-bond acceptors (Lipinski definition) is 2. The van der Waals surface area contributed by atoms with Crippen molar-refractivity contribution in [2.45, 2.75) is 18.3 Å². The van der Waals surface area contributed by atoms with Crippen LogP contribution in [0.15, 0.2) is 54.6 Å². The van der Waals surface area contributed by atoms with Crippen molar-refractivity contribution in [3.05, 3.63) is 65.7 Å². The van der Waals surface area contributed by atoms with Gasteiger partial charge in [0.25, 0.3) is 11.8 Å². The standard InChI is InChI=1S/C18H17ClN2O2/c1-2-12-21(13-8-4-3-5-9-13)17(23)18(19)15-11-7-6-10-14(15)16(22)20-18/h3-11H,2,12H2,1H3,(H,20,22). The topological polar surface area (TPSA) is 49.4 Å². The molecule has 4 nitrogen and oxygen atoms in total. The molecule has 1 heterocycles. The van der Waals surface area contributed by atoms with Gasteiger partial charge in [-0.15, -0.1) is 0 Å². The van der Waals surface area contributed by atoms with Crippen molar-refractivity contribution < 1.29 is 9.59 Å². The van der Waals surface area contributed by atoms with E-state index in [9.17, 15) is 9.59 Å². The Bertz CT molecular complexity index is 748. The van der Waals surface area contributed by atoms with E-state index in [-0.39, 0.29) is 11.8 Å². The molecule has 0 bridgehead atoms. The van der Waals surface area contributed by atoms with Crippen LogP contribution in [0.3, 0.4) is 0 Å². The summed E-state index contributed by atoms with van der Waals surface area (Å²) in [4.78, 5) is 25.3. The van der Waals surface area contributed by atoms with Crippen molar-refractivity contribution in [1.29, 1.82) is 0 Å². The highest BCUT2D eigenvalue weighted by molar-refractivity contribution is 6.39. The number of carbonyl (C=O) groups is 2. The van der Waals surface area contributed by atoms with Crippen LogP contribution in [0.2, 0.25) is 0 Å². The Kier molecular flexibility index (Phi) is 4.09. The maximum Gasteiger partial charge on any atom is 0.273 e. The summed E-state index contributed by atoms with van der Waals surface area (Å²) in [7, 11) is 0. The van der Waals surface area contributed by atoms with Gasteiger partial charge in [-0.3, -0.25) is 9.59 Å². The van der Waals surface area contributed by atoms with E-state index < -0.39 is 5.00 Å². The molecule has 0 saturated heterocycles. The molecule has 1 aliphatic heterocycles. The van der Waals surface area contributed by atoms with Crippen molar-refractivity contribution in [2.75, 3.05) is 11.4 Å². The average molecular weight is 329 g/mol. The Labute approximate surface area is 140 Å². The van der Waals surface area contributed by atoms with Gasteiger partial charge >= 0.3 is 0 Å². The van der Waals surface area contributed by atoms with Crippen molar-refractivity contribution in [3.63, 3.8) is 0 Å². The molecule has 0 radical (unpaired) electrons. The third-order valence-corrected chi connectivity index (χ3v) is 4.34. The van der Waals surface area contributed by atoms with Crippen LogP contribution in [-0.2, 0) is 9.79 Å². The number of para-hydroxylation sites is 1. The lowest BCUT2D eigenvalue weighted by atomic mass is 10.0.